The molecule has 1 aromatic carbocycles. The van der Waals surface area contributed by atoms with Crippen LogP contribution in [0.3, 0.4) is 0 Å². The third-order valence-corrected chi connectivity index (χ3v) is 8.11. The molecule has 4 rings (SSSR count). The molecule has 3 amide bonds. The minimum Gasteiger partial charge on any atom is -0.467 e. The van der Waals surface area contributed by atoms with Crippen molar-refractivity contribution in [3.8, 4) is 0 Å². The van der Waals surface area contributed by atoms with Crippen LogP contribution in [0.2, 0.25) is 0 Å². The van der Waals surface area contributed by atoms with E-state index >= 15 is 0 Å². The highest BCUT2D eigenvalue weighted by molar-refractivity contribution is 5.97. The van der Waals surface area contributed by atoms with Gasteiger partial charge in [0.15, 0.2) is 5.82 Å². The zero-order valence-electron chi connectivity index (χ0n) is 24.6. The second kappa shape index (κ2) is 13.3. The predicted octanol–water partition coefficient (Wildman–Crippen LogP) is 4.08. The van der Waals surface area contributed by atoms with Crippen molar-refractivity contribution in [3.63, 3.8) is 0 Å². The van der Waals surface area contributed by atoms with Crippen molar-refractivity contribution in [1.82, 2.24) is 19.8 Å². The van der Waals surface area contributed by atoms with E-state index in [-0.39, 0.29) is 23.5 Å². The number of imidazole rings is 1. The van der Waals surface area contributed by atoms with E-state index in [9.17, 15) is 19.2 Å². The van der Waals surface area contributed by atoms with Gasteiger partial charge in [-0.3, -0.25) is 14.4 Å². The van der Waals surface area contributed by atoms with Crippen molar-refractivity contribution in [1.29, 1.82) is 0 Å². The number of ether oxygens (including phenoxy) is 1. The average Bonchev–Trinajstić information content (AvgIpc) is 3.63. The van der Waals surface area contributed by atoms with Gasteiger partial charge in [0, 0.05) is 18.2 Å². The van der Waals surface area contributed by atoms with E-state index < -0.39 is 29.5 Å². The van der Waals surface area contributed by atoms with Crippen molar-refractivity contribution in [3.05, 3.63) is 48.4 Å². The SMILES string of the molecule is COC(=O)C1CCCN1C(=O)C(c1ccccc1)n1cnc(NC(=O)C(CC2CCCCC2)NC(=O)C(C)(C)C)c1. The van der Waals surface area contributed by atoms with Crippen LogP contribution in [-0.2, 0) is 23.9 Å². The van der Waals surface area contributed by atoms with E-state index in [1.807, 2.05) is 51.1 Å². The lowest BCUT2D eigenvalue weighted by Crippen LogP contribution is -2.48. The maximum atomic E-state index is 13.9. The molecule has 1 aliphatic carbocycles. The molecular formula is C31H43N5O5. The summed E-state index contributed by atoms with van der Waals surface area (Å²) in [6.07, 6.45) is 10.6. The predicted molar refractivity (Wildman–Crippen MR) is 155 cm³/mol. The summed E-state index contributed by atoms with van der Waals surface area (Å²) in [4.78, 5) is 58.6. The molecular weight excluding hydrogens is 522 g/mol. The number of hydrogen-bond acceptors (Lipinski definition) is 6. The molecule has 0 bridgehead atoms. The Morgan fingerprint density at radius 1 is 1.02 bits per heavy atom. The van der Waals surface area contributed by atoms with Crippen molar-refractivity contribution in [2.75, 3.05) is 19.0 Å². The Morgan fingerprint density at radius 2 is 1.73 bits per heavy atom. The number of rotatable bonds is 9. The molecule has 2 aromatic rings. The molecule has 0 radical (unpaired) electrons. The largest absolute Gasteiger partial charge is 0.467 e. The van der Waals surface area contributed by atoms with Crippen LogP contribution in [0, 0.1) is 11.3 Å². The summed E-state index contributed by atoms with van der Waals surface area (Å²) in [5.41, 5.74) is 0.101. The summed E-state index contributed by atoms with van der Waals surface area (Å²) >= 11 is 0. The Morgan fingerprint density at radius 3 is 2.39 bits per heavy atom. The van der Waals surface area contributed by atoms with E-state index in [0.29, 0.717) is 31.7 Å². The van der Waals surface area contributed by atoms with Crippen molar-refractivity contribution in [2.24, 2.45) is 11.3 Å². The number of nitrogens with one attached hydrogen (secondary N) is 2. The maximum absolute atomic E-state index is 13.9. The number of carbonyl (C=O) groups excluding carboxylic acids is 4. The van der Waals surface area contributed by atoms with Crippen LogP contribution in [0.15, 0.2) is 42.9 Å². The Hall–Kier alpha value is -3.69. The van der Waals surface area contributed by atoms with E-state index in [0.717, 1.165) is 31.2 Å². The van der Waals surface area contributed by atoms with Gasteiger partial charge in [-0.25, -0.2) is 9.78 Å². The number of likely N-dealkylation sites (tertiary alicyclic amines) is 1. The third-order valence-electron chi connectivity index (χ3n) is 8.11. The van der Waals surface area contributed by atoms with Gasteiger partial charge in [0.05, 0.1) is 13.4 Å². The third kappa shape index (κ3) is 7.54. The quantitative estimate of drug-likeness (QED) is 0.442. The second-order valence-electron chi connectivity index (χ2n) is 12.2. The van der Waals surface area contributed by atoms with Crippen LogP contribution in [0.25, 0.3) is 0 Å². The van der Waals surface area contributed by atoms with Gasteiger partial charge in [0.1, 0.15) is 18.1 Å². The van der Waals surface area contributed by atoms with Crippen LogP contribution in [-0.4, -0.2) is 63.9 Å². The summed E-state index contributed by atoms with van der Waals surface area (Å²) in [7, 11) is 1.33. The summed E-state index contributed by atoms with van der Waals surface area (Å²) in [5.74, 6) is -0.519. The normalized spacial score (nSPS) is 19.3. The van der Waals surface area contributed by atoms with Gasteiger partial charge in [-0.1, -0.05) is 83.2 Å². The van der Waals surface area contributed by atoms with Crippen molar-refractivity contribution in [2.45, 2.75) is 90.3 Å². The second-order valence-corrected chi connectivity index (χ2v) is 12.2. The molecule has 10 heteroatoms. The van der Waals surface area contributed by atoms with E-state index in [4.69, 9.17) is 4.74 Å². The standard InChI is InChI=1S/C31H43N5O5/c1-31(2,3)30(40)33-23(18-21-12-7-5-8-13-21)27(37)34-25-19-35(20-32-25)26(22-14-9-6-10-15-22)28(38)36-17-11-16-24(36)29(39)41-4/h6,9-10,14-15,19-21,23-24,26H,5,7-8,11-13,16-18H2,1-4H3,(H,33,40)(H,34,37). The molecule has 3 atom stereocenters. The van der Waals surface area contributed by atoms with Gasteiger partial charge in [0.25, 0.3) is 5.91 Å². The lowest BCUT2D eigenvalue weighted by molar-refractivity contribution is -0.151. The van der Waals surface area contributed by atoms with Crippen LogP contribution in [0.1, 0.15) is 83.7 Å². The number of hydrogen-bond donors (Lipinski definition) is 2. The number of nitrogens with zero attached hydrogens (tertiary/aromatic N) is 3. The van der Waals surface area contributed by atoms with Gasteiger partial charge in [-0.15, -0.1) is 0 Å². The molecule has 1 aliphatic heterocycles. The topological polar surface area (TPSA) is 123 Å². The highest BCUT2D eigenvalue weighted by atomic mass is 16.5. The zero-order valence-corrected chi connectivity index (χ0v) is 24.6. The first-order valence-corrected chi connectivity index (χ1v) is 14.7. The number of aromatic nitrogens is 2. The van der Waals surface area contributed by atoms with Gasteiger partial charge >= 0.3 is 5.97 Å². The number of methoxy groups -OCH3 is 1. The Kier molecular flexibility index (Phi) is 9.83. The lowest BCUT2D eigenvalue weighted by Gasteiger charge is -2.28. The van der Waals surface area contributed by atoms with Crippen molar-refractivity contribution < 1.29 is 23.9 Å². The first kappa shape index (κ1) is 30.3. The molecule has 222 valence electrons. The molecule has 41 heavy (non-hydrogen) atoms. The summed E-state index contributed by atoms with van der Waals surface area (Å²) in [5, 5.41) is 5.84. The van der Waals surface area contributed by atoms with Crippen LogP contribution in [0.4, 0.5) is 5.82 Å². The number of esters is 1. The highest BCUT2D eigenvalue weighted by Gasteiger charge is 2.39. The Balaban J connectivity index is 1.55. The molecule has 3 unspecified atom stereocenters. The van der Waals surface area contributed by atoms with E-state index in [1.54, 1.807) is 15.7 Å². The van der Waals surface area contributed by atoms with Gasteiger partial charge in [-0.05, 0) is 30.7 Å². The fourth-order valence-electron chi connectivity index (χ4n) is 5.76. The molecule has 0 spiro atoms. The minimum atomic E-state index is -0.779. The molecule has 10 nitrogen and oxygen atoms in total. The first-order chi connectivity index (χ1) is 19.6. The Labute approximate surface area is 242 Å². The van der Waals surface area contributed by atoms with Gasteiger partial charge in [0.2, 0.25) is 11.8 Å². The van der Waals surface area contributed by atoms with Crippen LogP contribution >= 0.6 is 0 Å². The molecule has 2 aliphatic rings. The van der Waals surface area contributed by atoms with Crippen molar-refractivity contribution >= 4 is 29.5 Å². The smallest absolute Gasteiger partial charge is 0.328 e. The number of anilines is 1. The van der Waals surface area contributed by atoms with Crippen LogP contribution < -0.4 is 10.6 Å². The number of amides is 3. The first-order valence-electron chi connectivity index (χ1n) is 14.7. The van der Waals surface area contributed by atoms with E-state index in [1.165, 1.54) is 19.9 Å². The zero-order chi connectivity index (χ0) is 29.6. The number of benzene rings is 1. The molecule has 1 saturated carbocycles. The number of carbonyl (C=O) groups is 4. The molecule has 2 N–H and O–H groups in total. The molecule has 2 fully saturated rings. The summed E-state index contributed by atoms with van der Waals surface area (Å²) < 4.78 is 6.61. The van der Waals surface area contributed by atoms with Gasteiger partial charge < -0.3 is 24.8 Å². The molecule has 2 heterocycles. The summed E-state index contributed by atoms with van der Waals surface area (Å²) in [6.45, 7) is 5.93. The highest BCUT2D eigenvalue weighted by Crippen LogP contribution is 2.30. The van der Waals surface area contributed by atoms with Crippen LogP contribution in [0.5, 0.6) is 0 Å². The maximum Gasteiger partial charge on any atom is 0.328 e. The molecule has 1 saturated heterocycles. The minimum absolute atomic E-state index is 0.181. The Bertz CT molecular complexity index is 1210. The monoisotopic (exact) mass is 565 g/mol. The average molecular weight is 566 g/mol. The van der Waals surface area contributed by atoms with E-state index in [2.05, 4.69) is 15.6 Å². The fourth-order valence-corrected chi connectivity index (χ4v) is 5.76. The summed E-state index contributed by atoms with van der Waals surface area (Å²) in [6, 6.07) is 7.18. The molecule has 1 aromatic heterocycles. The van der Waals surface area contributed by atoms with Gasteiger partial charge in [-0.2, -0.15) is 0 Å². The lowest BCUT2D eigenvalue weighted by atomic mass is 9.84. The fraction of sp³-hybridized carbons (Fsp3) is 0.581.